The van der Waals surface area contributed by atoms with Gasteiger partial charge in [-0.25, -0.2) is 0 Å². The third kappa shape index (κ3) is 2.44. The van der Waals surface area contributed by atoms with Crippen LogP contribution in [-0.4, -0.2) is 33.8 Å². The minimum absolute atomic E-state index is 0.404. The Labute approximate surface area is 97.4 Å². The first-order valence-corrected chi connectivity index (χ1v) is 6.22. The molecule has 0 amide bonds. The third-order valence-corrected chi connectivity index (χ3v) is 3.58. The van der Waals surface area contributed by atoms with Crippen molar-refractivity contribution in [3.05, 3.63) is 18.0 Å². The van der Waals surface area contributed by atoms with Gasteiger partial charge in [0, 0.05) is 43.5 Å². The summed E-state index contributed by atoms with van der Waals surface area (Å²) in [4.78, 5) is 2.50. The summed E-state index contributed by atoms with van der Waals surface area (Å²) in [5.74, 6) is 0. The molecule has 2 heterocycles. The van der Waals surface area contributed by atoms with Crippen molar-refractivity contribution >= 4 is 0 Å². The Kier molecular flexibility index (Phi) is 3.61. The van der Waals surface area contributed by atoms with Crippen molar-refractivity contribution < 1.29 is 0 Å². The van der Waals surface area contributed by atoms with Gasteiger partial charge in [-0.15, -0.1) is 0 Å². The average molecular weight is 222 g/mol. The molecule has 1 aliphatic heterocycles. The first-order chi connectivity index (χ1) is 7.70. The van der Waals surface area contributed by atoms with E-state index < -0.39 is 0 Å². The highest BCUT2D eigenvalue weighted by Crippen LogP contribution is 2.23. The van der Waals surface area contributed by atoms with Gasteiger partial charge >= 0.3 is 0 Å². The Morgan fingerprint density at radius 1 is 1.50 bits per heavy atom. The van der Waals surface area contributed by atoms with Crippen LogP contribution < -0.4 is 5.73 Å². The molecule has 0 bridgehead atoms. The molecule has 0 spiro atoms. The second kappa shape index (κ2) is 4.97. The number of hydrogen-bond donors (Lipinski definition) is 1. The van der Waals surface area contributed by atoms with Crippen LogP contribution >= 0.6 is 0 Å². The Balaban J connectivity index is 1.98. The summed E-state index contributed by atoms with van der Waals surface area (Å²) >= 11 is 0. The van der Waals surface area contributed by atoms with Crippen LogP contribution in [0.25, 0.3) is 0 Å². The molecule has 1 aromatic rings. The van der Waals surface area contributed by atoms with Gasteiger partial charge in [0.2, 0.25) is 0 Å². The van der Waals surface area contributed by atoms with Gasteiger partial charge < -0.3 is 5.73 Å². The predicted octanol–water partition coefficient (Wildman–Crippen LogP) is 1.39. The highest BCUT2D eigenvalue weighted by molar-refractivity contribution is 5.10. The van der Waals surface area contributed by atoms with E-state index in [4.69, 9.17) is 5.73 Å². The van der Waals surface area contributed by atoms with Crippen molar-refractivity contribution in [1.29, 1.82) is 0 Å². The lowest BCUT2D eigenvalue weighted by atomic mass is 10.0. The van der Waals surface area contributed by atoms with Crippen LogP contribution in [0.5, 0.6) is 0 Å². The second-order valence-electron chi connectivity index (χ2n) is 4.68. The monoisotopic (exact) mass is 222 g/mol. The molecule has 4 heteroatoms. The van der Waals surface area contributed by atoms with Gasteiger partial charge in [-0.1, -0.05) is 0 Å². The van der Waals surface area contributed by atoms with Crippen LogP contribution in [0.3, 0.4) is 0 Å². The summed E-state index contributed by atoms with van der Waals surface area (Å²) in [5, 5.41) is 4.33. The van der Waals surface area contributed by atoms with Crippen LogP contribution in [0.2, 0.25) is 0 Å². The number of hydrogen-bond acceptors (Lipinski definition) is 3. The van der Waals surface area contributed by atoms with E-state index in [9.17, 15) is 0 Å². The van der Waals surface area contributed by atoms with Crippen molar-refractivity contribution in [3.63, 3.8) is 0 Å². The van der Waals surface area contributed by atoms with Crippen LogP contribution in [0.4, 0.5) is 0 Å². The molecule has 2 rings (SSSR count). The molecular weight excluding hydrogens is 200 g/mol. The highest BCUT2D eigenvalue weighted by atomic mass is 15.3. The van der Waals surface area contributed by atoms with Gasteiger partial charge in [0.05, 0.1) is 6.20 Å². The molecule has 90 valence electrons. The van der Waals surface area contributed by atoms with Gasteiger partial charge in [-0.3, -0.25) is 9.58 Å². The molecule has 16 heavy (non-hydrogen) atoms. The number of aryl methyl sites for hydroxylation is 1. The van der Waals surface area contributed by atoms with Crippen molar-refractivity contribution in [3.8, 4) is 0 Å². The lowest BCUT2D eigenvalue weighted by molar-refractivity contribution is 0.163. The maximum atomic E-state index is 5.92. The second-order valence-corrected chi connectivity index (χ2v) is 4.68. The minimum Gasteiger partial charge on any atom is -0.328 e. The number of piperidine rings is 1. The van der Waals surface area contributed by atoms with Crippen molar-refractivity contribution in [2.75, 3.05) is 13.1 Å². The zero-order valence-electron chi connectivity index (χ0n) is 10.3. The van der Waals surface area contributed by atoms with Crippen LogP contribution in [0.15, 0.2) is 12.4 Å². The maximum absolute atomic E-state index is 5.92. The van der Waals surface area contributed by atoms with Gasteiger partial charge in [0.25, 0.3) is 0 Å². The molecule has 0 radical (unpaired) electrons. The van der Waals surface area contributed by atoms with Crippen molar-refractivity contribution in [1.82, 2.24) is 14.7 Å². The van der Waals surface area contributed by atoms with E-state index in [1.54, 1.807) is 0 Å². The normalized spacial score (nSPS) is 21.2. The van der Waals surface area contributed by atoms with Crippen LogP contribution in [0, 0.1) is 0 Å². The molecule has 2 N–H and O–H groups in total. The van der Waals surface area contributed by atoms with E-state index >= 15 is 0 Å². The molecule has 4 nitrogen and oxygen atoms in total. The number of likely N-dealkylation sites (tertiary alicyclic amines) is 1. The zero-order valence-corrected chi connectivity index (χ0v) is 10.3. The molecule has 0 saturated carbocycles. The maximum Gasteiger partial charge on any atom is 0.0537 e. The van der Waals surface area contributed by atoms with Gasteiger partial charge in [0.1, 0.15) is 0 Å². The van der Waals surface area contributed by atoms with E-state index in [2.05, 4.69) is 30.0 Å². The van der Waals surface area contributed by atoms with E-state index in [-0.39, 0.29) is 0 Å². The molecule has 1 saturated heterocycles. The Morgan fingerprint density at radius 3 is 2.75 bits per heavy atom. The lowest BCUT2D eigenvalue weighted by Crippen LogP contribution is -2.40. The fourth-order valence-corrected chi connectivity index (χ4v) is 2.29. The number of aromatic nitrogens is 2. The highest BCUT2D eigenvalue weighted by Gasteiger charge is 2.22. The third-order valence-electron chi connectivity index (χ3n) is 3.58. The largest absolute Gasteiger partial charge is 0.328 e. The summed E-state index contributed by atoms with van der Waals surface area (Å²) in [6.07, 6.45) is 6.38. The summed E-state index contributed by atoms with van der Waals surface area (Å²) in [6, 6.07) is 0.870. The molecule has 1 aromatic heterocycles. The first-order valence-electron chi connectivity index (χ1n) is 6.22. The summed E-state index contributed by atoms with van der Waals surface area (Å²) < 4.78 is 1.99. The van der Waals surface area contributed by atoms with E-state index in [1.807, 2.05) is 10.9 Å². The molecular formula is C12H22N4. The van der Waals surface area contributed by atoms with E-state index in [0.717, 1.165) is 32.5 Å². The lowest BCUT2D eigenvalue weighted by Gasteiger charge is -2.34. The first kappa shape index (κ1) is 11.6. The predicted molar refractivity (Wildman–Crippen MR) is 65.1 cm³/mol. The standard InChI is InChI=1S/C12H22N4/c1-3-16-9-11(8-14-16)10(2)15-6-4-12(13)5-7-15/h8-10,12H,3-7,13H2,1-2H3. The average Bonchev–Trinajstić information content (AvgIpc) is 2.77. The van der Waals surface area contributed by atoms with Crippen LogP contribution in [0.1, 0.15) is 38.3 Å². The Bertz CT molecular complexity index is 326. The number of nitrogens with zero attached hydrogens (tertiary/aromatic N) is 3. The van der Waals surface area contributed by atoms with E-state index in [0.29, 0.717) is 12.1 Å². The molecule has 0 aliphatic carbocycles. The topological polar surface area (TPSA) is 47.1 Å². The Hall–Kier alpha value is -0.870. The molecule has 1 aliphatic rings. The van der Waals surface area contributed by atoms with Gasteiger partial charge in [-0.05, 0) is 26.7 Å². The SMILES string of the molecule is CCn1cc(C(C)N2CCC(N)CC2)cn1. The smallest absolute Gasteiger partial charge is 0.0537 e. The number of nitrogens with two attached hydrogens (primary N) is 1. The molecule has 0 aromatic carbocycles. The Morgan fingerprint density at radius 2 is 2.19 bits per heavy atom. The van der Waals surface area contributed by atoms with Gasteiger partial charge in [0.15, 0.2) is 0 Å². The van der Waals surface area contributed by atoms with E-state index in [1.165, 1.54) is 5.56 Å². The summed E-state index contributed by atoms with van der Waals surface area (Å²) in [7, 11) is 0. The minimum atomic E-state index is 0.404. The quantitative estimate of drug-likeness (QED) is 0.840. The summed E-state index contributed by atoms with van der Waals surface area (Å²) in [6.45, 7) is 7.53. The van der Waals surface area contributed by atoms with Crippen molar-refractivity contribution in [2.24, 2.45) is 5.73 Å². The van der Waals surface area contributed by atoms with Crippen molar-refractivity contribution in [2.45, 2.75) is 45.3 Å². The van der Waals surface area contributed by atoms with Crippen LogP contribution in [-0.2, 0) is 6.54 Å². The summed E-state index contributed by atoms with van der Waals surface area (Å²) in [5.41, 5.74) is 7.24. The molecule has 1 unspecified atom stereocenters. The fraction of sp³-hybridized carbons (Fsp3) is 0.750. The molecule has 1 fully saturated rings. The fourth-order valence-electron chi connectivity index (χ4n) is 2.29. The zero-order chi connectivity index (χ0) is 11.5. The molecule has 1 atom stereocenters. The number of rotatable bonds is 3. The van der Waals surface area contributed by atoms with Gasteiger partial charge in [-0.2, -0.15) is 5.10 Å².